The van der Waals surface area contributed by atoms with Gasteiger partial charge in [0.1, 0.15) is 5.54 Å². The van der Waals surface area contributed by atoms with Crippen LogP contribution in [0.4, 0.5) is 26.3 Å². The lowest BCUT2D eigenvalue weighted by molar-refractivity contribution is -0.143. The molecule has 3 rings (SSSR count). The molecule has 0 spiro atoms. The first-order valence-electron chi connectivity index (χ1n) is 10.2. The Hall–Kier alpha value is -2.55. The molecule has 0 radical (unpaired) electrons. The smallest absolute Gasteiger partial charge is 0.374 e. The van der Waals surface area contributed by atoms with E-state index in [2.05, 4.69) is 0 Å². The van der Waals surface area contributed by atoms with Crippen molar-refractivity contribution in [3.05, 3.63) is 70.8 Å². The van der Waals surface area contributed by atoms with Crippen LogP contribution in [0.25, 0.3) is 0 Å². The Bertz CT molecular complexity index is 923. The monoisotopic (exact) mass is 458 g/mol. The first-order valence-corrected chi connectivity index (χ1v) is 10.2. The lowest BCUT2D eigenvalue weighted by Crippen LogP contribution is -2.36. The van der Waals surface area contributed by atoms with Crippen molar-refractivity contribution in [3.63, 3.8) is 0 Å². The van der Waals surface area contributed by atoms with E-state index in [-0.39, 0.29) is 18.2 Å². The van der Waals surface area contributed by atoms with Crippen LogP contribution in [0, 0.1) is 0 Å². The molecule has 0 unspecified atom stereocenters. The van der Waals surface area contributed by atoms with Crippen molar-refractivity contribution >= 4 is 5.84 Å². The number of alkyl halides is 6. The van der Waals surface area contributed by atoms with Gasteiger partial charge in [-0.2, -0.15) is 26.3 Å². The second-order valence-corrected chi connectivity index (χ2v) is 7.94. The Labute approximate surface area is 182 Å². The highest BCUT2D eigenvalue weighted by molar-refractivity contribution is 5.84. The van der Waals surface area contributed by atoms with E-state index in [1.54, 1.807) is 0 Å². The Kier molecular flexibility index (Phi) is 6.88. The van der Waals surface area contributed by atoms with Crippen LogP contribution < -0.4 is 0 Å². The molecule has 0 saturated heterocycles. The molecule has 9 heteroatoms. The summed E-state index contributed by atoms with van der Waals surface area (Å²) in [5, 5.41) is 0. The van der Waals surface area contributed by atoms with E-state index in [4.69, 9.17) is 9.73 Å². The van der Waals surface area contributed by atoms with Crippen molar-refractivity contribution < 1.29 is 31.1 Å². The number of ether oxygens (including phenoxy) is 1. The Morgan fingerprint density at radius 1 is 0.969 bits per heavy atom. The molecule has 3 nitrogen and oxygen atoms in total. The molecule has 1 aliphatic heterocycles. The van der Waals surface area contributed by atoms with E-state index in [1.807, 2.05) is 49.2 Å². The number of benzene rings is 2. The van der Waals surface area contributed by atoms with Gasteiger partial charge in [0, 0.05) is 13.5 Å². The molecule has 0 aromatic heterocycles. The zero-order valence-electron chi connectivity index (χ0n) is 17.7. The van der Waals surface area contributed by atoms with Gasteiger partial charge >= 0.3 is 12.4 Å². The van der Waals surface area contributed by atoms with Gasteiger partial charge in [0.15, 0.2) is 0 Å². The van der Waals surface area contributed by atoms with Crippen LogP contribution in [-0.2, 0) is 29.2 Å². The molecule has 0 fully saturated rings. The third kappa shape index (κ3) is 5.43. The third-order valence-corrected chi connectivity index (χ3v) is 5.32. The summed E-state index contributed by atoms with van der Waals surface area (Å²) in [6.45, 7) is 2.15. The van der Waals surface area contributed by atoms with Crippen LogP contribution in [0.1, 0.15) is 42.0 Å². The molecule has 2 aromatic carbocycles. The predicted molar refractivity (Wildman–Crippen MR) is 109 cm³/mol. The Morgan fingerprint density at radius 3 is 2.09 bits per heavy atom. The first kappa shape index (κ1) is 24.1. The van der Waals surface area contributed by atoms with Gasteiger partial charge in [0.05, 0.1) is 36.7 Å². The average Bonchev–Trinajstić information content (AvgIpc) is 3.04. The maximum Gasteiger partial charge on any atom is 0.416 e. The zero-order valence-corrected chi connectivity index (χ0v) is 17.7. The maximum absolute atomic E-state index is 13.1. The van der Waals surface area contributed by atoms with Crippen LogP contribution >= 0.6 is 0 Å². The molecular weight excluding hydrogens is 434 g/mol. The molecule has 2 aromatic rings. The predicted octanol–water partition coefficient (Wildman–Crippen LogP) is 6.28. The number of amidine groups is 1. The number of rotatable bonds is 7. The molecule has 174 valence electrons. The SMILES string of the molecule is CCCC1=N[C@](COCc2cc(C(F)(F)F)cc(C(F)(F)F)c2)(c2ccccc2)CN1C. The van der Waals surface area contributed by atoms with Crippen molar-refractivity contribution in [3.8, 4) is 0 Å². The van der Waals surface area contributed by atoms with Gasteiger partial charge in [-0.3, -0.25) is 4.99 Å². The highest BCUT2D eigenvalue weighted by Crippen LogP contribution is 2.37. The summed E-state index contributed by atoms with van der Waals surface area (Å²) in [6, 6.07) is 10.8. The third-order valence-electron chi connectivity index (χ3n) is 5.32. The number of nitrogens with zero attached hydrogens (tertiary/aromatic N) is 2. The second kappa shape index (κ2) is 9.13. The number of halogens is 6. The van der Waals surface area contributed by atoms with Crippen molar-refractivity contribution in [1.82, 2.24) is 4.90 Å². The summed E-state index contributed by atoms with van der Waals surface area (Å²) < 4.78 is 84.4. The van der Waals surface area contributed by atoms with E-state index in [0.29, 0.717) is 18.7 Å². The van der Waals surface area contributed by atoms with Crippen LogP contribution in [-0.4, -0.2) is 30.9 Å². The van der Waals surface area contributed by atoms with Crippen molar-refractivity contribution in [2.24, 2.45) is 4.99 Å². The fourth-order valence-electron chi connectivity index (χ4n) is 3.83. The topological polar surface area (TPSA) is 24.8 Å². The van der Waals surface area contributed by atoms with E-state index in [1.165, 1.54) is 0 Å². The highest BCUT2D eigenvalue weighted by Gasteiger charge is 2.40. The molecule has 0 amide bonds. The summed E-state index contributed by atoms with van der Waals surface area (Å²) in [6.07, 6.45) is -8.14. The quantitative estimate of drug-likeness (QED) is 0.456. The number of hydrogen-bond donors (Lipinski definition) is 0. The molecule has 1 aliphatic rings. The summed E-state index contributed by atoms with van der Waals surface area (Å²) >= 11 is 0. The summed E-state index contributed by atoms with van der Waals surface area (Å²) in [5.74, 6) is 0.887. The summed E-state index contributed by atoms with van der Waals surface area (Å²) in [5.41, 5.74) is -2.81. The van der Waals surface area contributed by atoms with Gasteiger partial charge in [-0.25, -0.2) is 0 Å². The molecule has 0 N–H and O–H groups in total. The van der Waals surface area contributed by atoms with Crippen molar-refractivity contribution in [1.29, 1.82) is 0 Å². The van der Waals surface area contributed by atoms with Gasteiger partial charge in [-0.1, -0.05) is 37.3 Å². The molecular formula is C23H24F6N2O. The van der Waals surface area contributed by atoms with E-state index in [9.17, 15) is 26.3 Å². The number of hydrogen-bond acceptors (Lipinski definition) is 3. The second-order valence-electron chi connectivity index (χ2n) is 7.94. The van der Waals surface area contributed by atoms with E-state index < -0.39 is 35.6 Å². The minimum Gasteiger partial charge on any atom is -0.374 e. The fraction of sp³-hybridized carbons (Fsp3) is 0.435. The highest BCUT2D eigenvalue weighted by atomic mass is 19.4. The van der Waals surface area contributed by atoms with Crippen molar-refractivity contribution in [2.75, 3.05) is 20.2 Å². The minimum atomic E-state index is -4.89. The van der Waals surface area contributed by atoms with Crippen LogP contribution in [0.3, 0.4) is 0 Å². The number of aliphatic imine (C=N–C) groups is 1. The standard InChI is InChI=1S/C23H24F6N2O/c1-3-7-20-30-21(14-31(20)2,17-8-5-4-6-9-17)15-32-13-16-10-18(22(24,25)26)12-19(11-16)23(27,28)29/h4-6,8-12H,3,7,13-15H2,1-2H3/t21-/m1/s1. The van der Waals surface area contributed by atoms with Crippen LogP contribution in [0.15, 0.2) is 53.5 Å². The normalized spacial score (nSPS) is 19.4. The molecule has 1 heterocycles. The molecule has 0 bridgehead atoms. The Morgan fingerprint density at radius 2 is 1.56 bits per heavy atom. The van der Waals surface area contributed by atoms with Gasteiger partial charge in [0.25, 0.3) is 0 Å². The largest absolute Gasteiger partial charge is 0.416 e. The molecule has 0 aliphatic carbocycles. The summed E-state index contributed by atoms with van der Waals surface area (Å²) in [4.78, 5) is 6.87. The average molecular weight is 458 g/mol. The summed E-state index contributed by atoms with van der Waals surface area (Å²) in [7, 11) is 1.90. The maximum atomic E-state index is 13.1. The zero-order chi connectivity index (χ0) is 23.6. The Balaban J connectivity index is 1.86. The lowest BCUT2D eigenvalue weighted by atomic mass is 9.92. The van der Waals surface area contributed by atoms with E-state index in [0.717, 1.165) is 24.2 Å². The first-order chi connectivity index (χ1) is 14.9. The van der Waals surface area contributed by atoms with Crippen LogP contribution in [0.5, 0.6) is 0 Å². The minimum absolute atomic E-state index is 0.0200. The lowest BCUT2D eigenvalue weighted by Gasteiger charge is -2.27. The van der Waals surface area contributed by atoms with Gasteiger partial charge in [0.2, 0.25) is 0 Å². The van der Waals surface area contributed by atoms with Gasteiger partial charge in [-0.15, -0.1) is 0 Å². The van der Waals surface area contributed by atoms with Gasteiger partial charge < -0.3 is 9.64 Å². The molecule has 1 atom stereocenters. The fourth-order valence-corrected chi connectivity index (χ4v) is 3.83. The van der Waals surface area contributed by atoms with E-state index >= 15 is 0 Å². The van der Waals surface area contributed by atoms with Crippen LogP contribution in [0.2, 0.25) is 0 Å². The van der Waals surface area contributed by atoms with Gasteiger partial charge in [-0.05, 0) is 35.7 Å². The molecule has 32 heavy (non-hydrogen) atoms. The molecule has 0 saturated carbocycles. The van der Waals surface area contributed by atoms with Crippen molar-refractivity contribution in [2.45, 2.75) is 44.3 Å². The number of likely N-dealkylation sites (N-methyl/N-ethyl adjacent to an activating group) is 1.